The van der Waals surface area contributed by atoms with E-state index in [1.165, 1.54) is 17.0 Å². The van der Waals surface area contributed by atoms with Gasteiger partial charge in [0, 0.05) is 31.2 Å². The zero-order valence-corrected chi connectivity index (χ0v) is 25.6. The number of nitrogens with one attached hydrogen (secondary N) is 4. The summed E-state index contributed by atoms with van der Waals surface area (Å²) in [5.41, 5.74) is 0.657. The van der Waals surface area contributed by atoms with Crippen LogP contribution >= 0.6 is 0 Å². The Bertz CT molecular complexity index is 1300. The van der Waals surface area contributed by atoms with Gasteiger partial charge in [0.05, 0.1) is 6.04 Å². The van der Waals surface area contributed by atoms with Gasteiger partial charge in [-0.1, -0.05) is 51.1 Å². The predicted molar refractivity (Wildman–Crippen MR) is 163 cm³/mol. The van der Waals surface area contributed by atoms with Crippen LogP contribution < -0.4 is 10.6 Å². The smallest absolute Gasteiger partial charge is 0.309 e. The minimum absolute atomic E-state index is 0.133. The minimum Gasteiger partial charge on any atom is -0.416 e. The SMILES string of the molecule is CN[C@@H](C)C(=O)NC(C(=O)N1CCCC1CN(CCc1ccc(F)cc1)C(=O)C(=N)OC(=N)c1ccccc1)C(C)(C)C. The molecular formula is C32H43FN6O4. The average molecular weight is 595 g/mol. The topological polar surface area (TPSA) is 139 Å². The molecule has 4 N–H and O–H groups in total. The Morgan fingerprint density at radius 2 is 1.74 bits per heavy atom. The van der Waals surface area contributed by atoms with Crippen molar-refractivity contribution in [2.45, 2.75) is 65.1 Å². The summed E-state index contributed by atoms with van der Waals surface area (Å²) in [5.74, 6) is -2.62. The van der Waals surface area contributed by atoms with E-state index in [-0.39, 0.29) is 42.7 Å². The number of likely N-dealkylation sites (tertiary alicyclic amines) is 1. The second-order valence-corrected chi connectivity index (χ2v) is 11.9. The van der Waals surface area contributed by atoms with Crippen LogP contribution in [0.2, 0.25) is 0 Å². The molecule has 0 spiro atoms. The molecular weight excluding hydrogens is 551 g/mol. The zero-order valence-electron chi connectivity index (χ0n) is 25.6. The molecule has 0 radical (unpaired) electrons. The van der Waals surface area contributed by atoms with Gasteiger partial charge in [0.25, 0.3) is 5.90 Å². The third kappa shape index (κ3) is 9.18. The molecule has 2 aromatic rings. The fourth-order valence-electron chi connectivity index (χ4n) is 4.91. The molecule has 0 bridgehead atoms. The number of halogens is 1. The number of carbonyl (C=O) groups is 3. The fraction of sp³-hybridized carbons (Fsp3) is 0.469. The molecule has 2 unspecified atom stereocenters. The van der Waals surface area contributed by atoms with Crippen LogP contribution in [0.1, 0.15) is 51.7 Å². The Labute approximate surface area is 253 Å². The summed E-state index contributed by atoms with van der Waals surface area (Å²) in [4.78, 5) is 43.4. The van der Waals surface area contributed by atoms with Gasteiger partial charge >= 0.3 is 5.91 Å². The third-order valence-electron chi connectivity index (χ3n) is 7.62. The average Bonchev–Trinajstić information content (AvgIpc) is 3.45. The van der Waals surface area contributed by atoms with E-state index < -0.39 is 29.3 Å². The van der Waals surface area contributed by atoms with Crippen molar-refractivity contribution >= 4 is 29.5 Å². The molecule has 1 aliphatic heterocycles. The number of amides is 3. The number of ether oxygens (including phenoxy) is 1. The van der Waals surface area contributed by atoms with E-state index in [9.17, 15) is 18.8 Å². The molecule has 0 aliphatic carbocycles. The van der Waals surface area contributed by atoms with Gasteiger partial charge in [0.2, 0.25) is 17.7 Å². The molecule has 0 aromatic heterocycles. The molecule has 43 heavy (non-hydrogen) atoms. The van der Waals surface area contributed by atoms with Crippen LogP contribution in [0.25, 0.3) is 0 Å². The van der Waals surface area contributed by atoms with Crippen LogP contribution in [-0.2, 0) is 25.5 Å². The Balaban J connectivity index is 1.81. The van der Waals surface area contributed by atoms with Crippen LogP contribution in [0, 0.1) is 22.1 Å². The van der Waals surface area contributed by atoms with Crippen molar-refractivity contribution in [3.63, 3.8) is 0 Å². The quantitative estimate of drug-likeness (QED) is 0.247. The highest BCUT2D eigenvalue weighted by Crippen LogP contribution is 2.26. The number of nitrogens with zero attached hydrogens (tertiary/aromatic N) is 2. The highest BCUT2D eigenvalue weighted by Gasteiger charge is 2.41. The highest BCUT2D eigenvalue weighted by molar-refractivity contribution is 6.36. The number of rotatable bonds is 10. The van der Waals surface area contributed by atoms with E-state index in [1.807, 2.05) is 20.8 Å². The van der Waals surface area contributed by atoms with E-state index in [1.54, 1.807) is 61.3 Å². The maximum absolute atomic E-state index is 13.9. The number of benzene rings is 2. The lowest BCUT2D eigenvalue weighted by Gasteiger charge is -2.37. The summed E-state index contributed by atoms with van der Waals surface area (Å²) in [5, 5.41) is 22.4. The van der Waals surface area contributed by atoms with Gasteiger partial charge in [-0.3, -0.25) is 25.2 Å². The number of hydrogen-bond acceptors (Lipinski definition) is 7. The normalized spacial score (nSPS) is 16.2. The van der Waals surface area contributed by atoms with Gasteiger partial charge < -0.3 is 25.2 Å². The number of carbonyl (C=O) groups excluding carboxylic acids is 3. The monoisotopic (exact) mass is 594 g/mol. The van der Waals surface area contributed by atoms with Crippen molar-refractivity contribution in [1.82, 2.24) is 20.4 Å². The summed E-state index contributed by atoms with van der Waals surface area (Å²) in [6, 6.07) is 12.9. The number of hydrogen-bond donors (Lipinski definition) is 4. The van der Waals surface area contributed by atoms with E-state index in [0.717, 1.165) is 12.0 Å². The summed E-state index contributed by atoms with van der Waals surface area (Å²) >= 11 is 0. The van der Waals surface area contributed by atoms with Crippen molar-refractivity contribution in [1.29, 1.82) is 10.8 Å². The first-order valence-corrected chi connectivity index (χ1v) is 14.5. The molecule has 1 fully saturated rings. The van der Waals surface area contributed by atoms with Gasteiger partial charge in [0.1, 0.15) is 11.9 Å². The first kappa shape index (κ1) is 33.4. The Hall–Kier alpha value is -4.12. The third-order valence-corrected chi connectivity index (χ3v) is 7.62. The summed E-state index contributed by atoms with van der Waals surface area (Å²) in [6.45, 7) is 8.19. The van der Waals surface area contributed by atoms with Crippen LogP contribution in [0.15, 0.2) is 54.6 Å². The molecule has 3 rings (SSSR count). The lowest BCUT2D eigenvalue weighted by Crippen LogP contribution is -2.59. The molecule has 0 saturated carbocycles. The van der Waals surface area contributed by atoms with E-state index in [0.29, 0.717) is 24.9 Å². The lowest BCUT2D eigenvalue weighted by molar-refractivity contribution is -0.141. The molecule has 2 aromatic carbocycles. The molecule has 3 atom stereocenters. The fourth-order valence-corrected chi connectivity index (χ4v) is 4.91. The van der Waals surface area contributed by atoms with Gasteiger partial charge in [-0.15, -0.1) is 0 Å². The standard InChI is InChI=1S/C32H43FN6O4/c1-21(36-5)29(40)37-26(32(2,3)4)30(41)39-18-9-12-25(39)20-38(19-17-22-13-15-24(33)16-14-22)31(42)28(35)43-27(34)23-10-7-6-8-11-23/h6-8,10-11,13-16,21,25-26,34-36H,9,12,17-20H2,1-5H3,(H,37,40)/t21-,25?,26?/m0/s1. The zero-order chi connectivity index (χ0) is 31.7. The molecule has 1 saturated heterocycles. The number of likely N-dealkylation sites (N-methyl/N-ethyl adjacent to an activating group) is 1. The van der Waals surface area contributed by atoms with Crippen molar-refractivity contribution < 1.29 is 23.5 Å². The van der Waals surface area contributed by atoms with Crippen molar-refractivity contribution in [3.05, 3.63) is 71.5 Å². The van der Waals surface area contributed by atoms with E-state index >= 15 is 0 Å². The minimum atomic E-state index is -0.784. The van der Waals surface area contributed by atoms with Crippen molar-refractivity contribution in [2.24, 2.45) is 5.41 Å². The molecule has 3 amide bonds. The van der Waals surface area contributed by atoms with E-state index in [2.05, 4.69) is 10.6 Å². The molecule has 10 nitrogen and oxygen atoms in total. The van der Waals surface area contributed by atoms with Crippen LogP contribution in [0.3, 0.4) is 0 Å². The summed E-state index contributed by atoms with van der Waals surface area (Å²) in [6.07, 6.45) is 1.75. The Morgan fingerprint density at radius 3 is 2.35 bits per heavy atom. The summed E-state index contributed by atoms with van der Waals surface area (Å²) in [7, 11) is 1.68. The second kappa shape index (κ2) is 14.9. The molecule has 1 heterocycles. The predicted octanol–water partition coefficient (Wildman–Crippen LogP) is 3.35. The van der Waals surface area contributed by atoms with Crippen molar-refractivity contribution in [2.75, 3.05) is 26.7 Å². The van der Waals surface area contributed by atoms with Gasteiger partial charge in [-0.2, -0.15) is 0 Å². The molecule has 232 valence electrons. The van der Waals surface area contributed by atoms with Gasteiger partial charge in [0.15, 0.2) is 0 Å². The maximum atomic E-state index is 13.9. The molecule has 1 aliphatic rings. The van der Waals surface area contributed by atoms with Crippen LogP contribution in [0.5, 0.6) is 0 Å². The van der Waals surface area contributed by atoms with Crippen LogP contribution in [-0.4, -0.2) is 84.1 Å². The van der Waals surface area contributed by atoms with Crippen LogP contribution in [0.4, 0.5) is 4.39 Å². The van der Waals surface area contributed by atoms with Gasteiger partial charge in [-0.05, 0) is 68.5 Å². The van der Waals surface area contributed by atoms with Gasteiger partial charge in [-0.25, -0.2) is 4.39 Å². The second-order valence-electron chi connectivity index (χ2n) is 11.9. The molecule has 11 heteroatoms. The van der Waals surface area contributed by atoms with Crippen molar-refractivity contribution in [3.8, 4) is 0 Å². The summed E-state index contributed by atoms with van der Waals surface area (Å²) < 4.78 is 18.8. The largest absolute Gasteiger partial charge is 0.416 e. The highest BCUT2D eigenvalue weighted by atomic mass is 19.1. The lowest BCUT2D eigenvalue weighted by atomic mass is 9.85. The first-order chi connectivity index (χ1) is 20.3. The van der Waals surface area contributed by atoms with E-state index in [4.69, 9.17) is 15.6 Å². The first-order valence-electron chi connectivity index (χ1n) is 14.5. The maximum Gasteiger partial charge on any atom is 0.309 e. The Kier molecular flexibility index (Phi) is 11.5. The Morgan fingerprint density at radius 1 is 1.09 bits per heavy atom.